The lowest BCUT2D eigenvalue weighted by atomic mass is 9.88. The zero-order valence-electron chi connectivity index (χ0n) is 12.0. The van der Waals surface area contributed by atoms with Gasteiger partial charge in [0.15, 0.2) is 0 Å². The first-order valence-corrected chi connectivity index (χ1v) is 7.25. The van der Waals surface area contributed by atoms with Gasteiger partial charge in [0.1, 0.15) is 23.9 Å². The van der Waals surface area contributed by atoms with Crippen LogP contribution in [0.25, 0.3) is 0 Å². The van der Waals surface area contributed by atoms with Gasteiger partial charge in [-0.15, -0.1) is 0 Å². The summed E-state index contributed by atoms with van der Waals surface area (Å²) in [6.45, 7) is 2.12. The van der Waals surface area contributed by atoms with Gasteiger partial charge in [0.25, 0.3) is 0 Å². The predicted octanol–water partition coefficient (Wildman–Crippen LogP) is 3.76. The average Bonchev–Trinajstić information content (AvgIpc) is 2.54. The number of fused-ring (bicyclic) bond motifs is 1. The second-order valence-corrected chi connectivity index (χ2v) is 5.40. The molecule has 0 saturated heterocycles. The summed E-state index contributed by atoms with van der Waals surface area (Å²) in [5.74, 6) is 0.604. The molecule has 2 aromatic rings. The van der Waals surface area contributed by atoms with Crippen LogP contribution in [0.4, 0.5) is 0 Å². The van der Waals surface area contributed by atoms with Crippen LogP contribution < -0.4 is 4.74 Å². The zero-order valence-corrected chi connectivity index (χ0v) is 12.0. The van der Waals surface area contributed by atoms with Gasteiger partial charge in [0.05, 0.1) is 0 Å². The summed E-state index contributed by atoms with van der Waals surface area (Å²) in [4.78, 5) is 11.4. The van der Waals surface area contributed by atoms with Crippen LogP contribution in [-0.2, 0) is 11.2 Å². The molecule has 3 heteroatoms. The number of aldehydes is 1. The van der Waals surface area contributed by atoms with Crippen LogP contribution in [-0.4, -0.2) is 11.4 Å². The van der Waals surface area contributed by atoms with E-state index in [0.717, 1.165) is 23.8 Å². The molecule has 2 unspecified atom stereocenters. The number of rotatable bonds is 3. The Balaban J connectivity index is 1.92. The van der Waals surface area contributed by atoms with Crippen molar-refractivity contribution in [3.05, 3.63) is 59.2 Å². The summed E-state index contributed by atoms with van der Waals surface area (Å²) in [6, 6.07) is 13.3. The Morgan fingerprint density at radius 3 is 2.67 bits per heavy atom. The fourth-order valence-electron chi connectivity index (χ4n) is 2.79. The van der Waals surface area contributed by atoms with Gasteiger partial charge in [0.2, 0.25) is 0 Å². The highest BCUT2D eigenvalue weighted by Crippen LogP contribution is 2.42. The summed E-state index contributed by atoms with van der Waals surface area (Å²) in [5, 5.41) is 9.57. The summed E-state index contributed by atoms with van der Waals surface area (Å²) >= 11 is 0. The zero-order chi connectivity index (χ0) is 14.8. The molecule has 2 aromatic carbocycles. The molecule has 0 bridgehead atoms. The van der Waals surface area contributed by atoms with E-state index in [1.807, 2.05) is 0 Å². The lowest BCUT2D eigenvalue weighted by Crippen LogP contribution is -2.20. The van der Waals surface area contributed by atoms with E-state index < -0.39 is 0 Å². The van der Waals surface area contributed by atoms with Crippen LogP contribution in [0, 0.1) is 0 Å². The highest BCUT2D eigenvalue weighted by molar-refractivity contribution is 5.66. The Morgan fingerprint density at radius 1 is 1.24 bits per heavy atom. The molecular weight excluding hydrogens is 264 g/mol. The molecule has 1 heterocycles. The van der Waals surface area contributed by atoms with Crippen molar-refractivity contribution in [3.8, 4) is 11.5 Å². The fourth-order valence-corrected chi connectivity index (χ4v) is 2.79. The highest BCUT2D eigenvalue weighted by atomic mass is 16.5. The van der Waals surface area contributed by atoms with Gasteiger partial charge in [-0.3, -0.25) is 0 Å². The molecule has 0 aromatic heterocycles. The smallest absolute Gasteiger partial charge is 0.127 e. The first-order chi connectivity index (χ1) is 10.2. The number of carbonyl (C=O) groups is 1. The number of hydrogen-bond acceptors (Lipinski definition) is 3. The van der Waals surface area contributed by atoms with E-state index in [-0.39, 0.29) is 17.8 Å². The minimum atomic E-state index is -0.239. The predicted molar refractivity (Wildman–Crippen MR) is 80.7 cm³/mol. The lowest BCUT2D eigenvalue weighted by molar-refractivity contribution is -0.110. The maximum absolute atomic E-state index is 11.4. The number of phenolic OH excluding ortho intramolecular Hbond substituents is 1. The Kier molecular flexibility index (Phi) is 3.65. The quantitative estimate of drug-likeness (QED) is 0.872. The fraction of sp³-hybridized carbons (Fsp3) is 0.278. The van der Waals surface area contributed by atoms with E-state index in [0.29, 0.717) is 12.2 Å². The summed E-state index contributed by atoms with van der Waals surface area (Å²) < 4.78 is 6.01. The maximum Gasteiger partial charge on any atom is 0.127 e. The molecule has 21 heavy (non-hydrogen) atoms. The average molecular weight is 282 g/mol. The van der Waals surface area contributed by atoms with E-state index >= 15 is 0 Å². The molecule has 1 aliphatic rings. The van der Waals surface area contributed by atoms with Gasteiger partial charge in [-0.2, -0.15) is 0 Å². The molecule has 108 valence electrons. The molecule has 0 aliphatic carbocycles. The third-order valence-corrected chi connectivity index (χ3v) is 4.05. The Hall–Kier alpha value is -2.29. The third kappa shape index (κ3) is 2.64. The van der Waals surface area contributed by atoms with Crippen LogP contribution in [0.1, 0.15) is 42.1 Å². The standard InChI is InChI=1S/C18H18O3/c1-2-12-3-5-13(6-4-12)18-9-14(11-19)16-10-15(20)7-8-17(16)21-18/h3-8,10-11,14,18,20H,2,9H2,1H3. The second-order valence-electron chi connectivity index (χ2n) is 5.40. The van der Waals surface area contributed by atoms with Crippen molar-refractivity contribution >= 4 is 6.29 Å². The van der Waals surface area contributed by atoms with Crippen molar-refractivity contribution < 1.29 is 14.6 Å². The largest absolute Gasteiger partial charge is 0.508 e. The van der Waals surface area contributed by atoms with Crippen molar-refractivity contribution in [2.75, 3.05) is 0 Å². The Labute approximate surface area is 124 Å². The van der Waals surface area contributed by atoms with Crippen molar-refractivity contribution in [1.29, 1.82) is 0 Å². The van der Waals surface area contributed by atoms with E-state index in [2.05, 4.69) is 31.2 Å². The van der Waals surface area contributed by atoms with Crippen molar-refractivity contribution in [3.63, 3.8) is 0 Å². The van der Waals surface area contributed by atoms with Gasteiger partial charge < -0.3 is 14.6 Å². The van der Waals surface area contributed by atoms with Crippen LogP contribution in [0.5, 0.6) is 11.5 Å². The first-order valence-electron chi connectivity index (χ1n) is 7.25. The normalized spacial score (nSPS) is 20.4. The molecule has 3 rings (SSSR count). The van der Waals surface area contributed by atoms with Crippen LogP contribution in [0.3, 0.4) is 0 Å². The van der Waals surface area contributed by atoms with Gasteiger partial charge >= 0.3 is 0 Å². The van der Waals surface area contributed by atoms with Gasteiger partial charge in [-0.25, -0.2) is 0 Å². The molecule has 0 radical (unpaired) electrons. The Morgan fingerprint density at radius 2 is 2.00 bits per heavy atom. The second kappa shape index (κ2) is 5.60. The van der Waals surface area contributed by atoms with Crippen LogP contribution in [0.2, 0.25) is 0 Å². The molecule has 0 saturated carbocycles. The maximum atomic E-state index is 11.4. The highest BCUT2D eigenvalue weighted by Gasteiger charge is 2.29. The minimum Gasteiger partial charge on any atom is -0.508 e. The van der Waals surface area contributed by atoms with Gasteiger partial charge in [0, 0.05) is 17.9 Å². The third-order valence-electron chi connectivity index (χ3n) is 4.05. The topological polar surface area (TPSA) is 46.5 Å². The molecule has 0 fully saturated rings. The number of carbonyl (C=O) groups excluding carboxylic acids is 1. The van der Waals surface area contributed by atoms with E-state index in [4.69, 9.17) is 4.74 Å². The Bertz CT molecular complexity index is 646. The number of hydrogen-bond donors (Lipinski definition) is 1. The summed E-state index contributed by atoms with van der Waals surface area (Å²) in [5.41, 5.74) is 3.14. The molecule has 1 N–H and O–H groups in total. The molecule has 2 atom stereocenters. The van der Waals surface area contributed by atoms with Gasteiger partial charge in [-0.1, -0.05) is 31.2 Å². The van der Waals surface area contributed by atoms with E-state index in [1.165, 1.54) is 5.56 Å². The first kappa shape index (κ1) is 13.7. The SMILES string of the molecule is CCc1ccc(C2CC(C=O)c3cc(O)ccc3O2)cc1. The van der Waals surface area contributed by atoms with Crippen LogP contribution in [0.15, 0.2) is 42.5 Å². The molecule has 0 spiro atoms. The summed E-state index contributed by atoms with van der Waals surface area (Å²) in [6.07, 6.45) is 2.42. The van der Waals surface area contributed by atoms with Crippen molar-refractivity contribution in [2.24, 2.45) is 0 Å². The minimum absolute atomic E-state index is 0.122. The molecule has 1 aliphatic heterocycles. The summed E-state index contributed by atoms with van der Waals surface area (Å²) in [7, 11) is 0. The number of aromatic hydroxyl groups is 1. The molecule has 0 amide bonds. The van der Waals surface area contributed by atoms with Crippen molar-refractivity contribution in [2.45, 2.75) is 31.8 Å². The van der Waals surface area contributed by atoms with Crippen LogP contribution >= 0.6 is 0 Å². The number of ether oxygens (including phenoxy) is 1. The van der Waals surface area contributed by atoms with Crippen molar-refractivity contribution in [1.82, 2.24) is 0 Å². The molecule has 3 nitrogen and oxygen atoms in total. The lowest BCUT2D eigenvalue weighted by Gasteiger charge is -2.30. The number of phenols is 1. The monoisotopic (exact) mass is 282 g/mol. The van der Waals surface area contributed by atoms with E-state index in [9.17, 15) is 9.90 Å². The van der Waals surface area contributed by atoms with Gasteiger partial charge in [-0.05, 0) is 35.7 Å². The number of benzene rings is 2. The number of aryl methyl sites for hydroxylation is 1. The molecular formula is C18H18O3. The van der Waals surface area contributed by atoms with E-state index in [1.54, 1.807) is 18.2 Å².